The van der Waals surface area contributed by atoms with Crippen LogP contribution in [0.5, 0.6) is 0 Å². The lowest BCUT2D eigenvalue weighted by Crippen LogP contribution is -2.38. The van der Waals surface area contributed by atoms with Gasteiger partial charge >= 0.3 is 0 Å². The molecule has 0 aromatic rings. The van der Waals surface area contributed by atoms with E-state index in [4.69, 9.17) is 5.73 Å². The molecule has 4 nitrogen and oxygen atoms in total. The van der Waals surface area contributed by atoms with E-state index in [9.17, 15) is 0 Å². The highest BCUT2D eigenvalue weighted by atomic mass is 127. The Labute approximate surface area is 148 Å². The first kappa shape index (κ1) is 21.0. The highest BCUT2D eigenvalue weighted by molar-refractivity contribution is 14.0. The SMILES string of the molecule is CCCCCCNC(N)=NCCCN1CCCCC1C.I. The molecule has 0 bridgehead atoms. The quantitative estimate of drug-likeness (QED) is 0.265. The van der Waals surface area contributed by atoms with Crippen molar-refractivity contribution in [2.75, 3.05) is 26.2 Å². The molecule has 0 radical (unpaired) electrons. The van der Waals surface area contributed by atoms with E-state index in [2.05, 4.69) is 29.1 Å². The lowest BCUT2D eigenvalue weighted by molar-refractivity contribution is 0.160. The number of nitrogens with two attached hydrogens (primary N) is 1. The molecule has 0 saturated carbocycles. The number of nitrogens with zero attached hydrogens (tertiary/aromatic N) is 2. The van der Waals surface area contributed by atoms with E-state index in [0.29, 0.717) is 5.96 Å². The summed E-state index contributed by atoms with van der Waals surface area (Å²) < 4.78 is 0. The third-order valence-electron chi connectivity index (χ3n) is 4.16. The number of likely N-dealkylation sites (tertiary alicyclic amines) is 1. The van der Waals surface area contributed by atoms with E-state index >= 15 is 0 Å². The molecule has 1 unspecified atom stereocenters. The number of hydrogen-bond acceptors (Lipinski definition) is 2. The number of rotatable bonds is 9. The summed E-state index contributed by atoms with van der Waals surface area (Å²) in [5.41, 5.74) is 5.86. The van der Waals surface area contributed by atoms with Crippen LogP contribution in [0.3, 0.4) is 0 Å². The molecule has 126 valence electrons. The van der Waals surface area contributed by atoms with Crippen LogP contribution in [0.25, 0.3) is 0 Å². The Bertz CT molecular complexity index is 271. The van der Waals surface area contributed by atoms with E-state index in [1.54, 1.807) is 0 Å². The summed E-state index contributed by atoms with van der Waals surface area (Å²) >= 11 is 0. The van der Waals surface area contributed by atoms with E-state index in [1.807, 2.05) is 0 Å². The molecule has 1 atom stereocenters. The predicted octanol–water partition coefficient (Wildman–Crippen LogP) is 3.35. The van der Waals surface area contributed by atoms with Crippen molar-refractivity contribution in [3.8, 4) is 0 Å². The van der Waals surface area contributed by atoms with Gasteiger partial charge in [-0.2, -0.15) is 0 Å². The first-order valence-corrected chi connectivity index (χ1v) is 8.52. The van der Waals surface area contributed by atoms with E-state index < -0.39 is 0 Å². The molecule has 21 heavy (non-hydrogen) atoms. The third kappa shape index (κ3) is 10.3. The van der Waals surface area contributed by atoms with Gasteiger partial charge in [-0.1, -0.05) is 32.6 Å². The first-order valence-electron chi connectivity index (χ1n) is 8.52. The molecule has 1 fully saturated rings. The van der Waals surface area contributed by atoms with Gasteiger partial charge in [0, 0.05) is 25.7 Å². The zero-order chi connectivity index (χ0) is 14.6. The van der Waals surface area contributed by atoms with Crippen LogP contribution in [0.4, 0.5) is 0 Å². The number of hydrogen-bond donors (Lipinski definition) is 2. The third-order valence-corrected chi connectivity index (χ3v) is 4.16. The summed E-state index contributed by atoms with van der Waals surface area (Å²) in [7, 11) is 0. The molecule has 1 heterocycles. The molecule has 0 amide bonds. The van der Waals surface area contributed by atoms with Gasteiger partial charge in [-0.15, -0.1) is 24.0 Å². The Balaban J connectivity index is 0.00000400. The van der Waals surface area contributed by atoms with Crippen LogP contribution in [-0.4, -0.2) is 43.1 Å². The highest BCUT2D eigenvalue weighted by Crippen LogP contribution is 2.16. The first-order chi connectivity index (χ1) is 9.74. The predicted molar refractivity (Wildman–Crippen MR) is 104 cm³/mol. The molecule has 5 heteroatoms. The Kier molecular flexibility index (Phi) is 13.6. The number of halogens is 1. The second kappa shape index (κ2) is 13.6. The fraction of sp³-hybridized carbons (Fsp3) is 0.938. The Hall–Kier alpha value is -0.0400. The van der Waals surface area contributed by atoms with Gasteiger partial charge in [0.15, 0.2) is 5.96 Å². The number of unbranched alkanes of at least 4 members (excludes halogenated alkanes) is 3. The number of nitrogens with one attached hydrogen (secondary N) is 1. The van der Waals surface area contributed by atoms with Crippen molar-refractivity contribution in [2.45, 2.75) is 71.3 Å². The fourth-order valence-corrected chi connectivity index (χ4v) is 2.79. The smallest absolute Gasteiger partial charge is 0.188 e. The summed E-state index contributed by atoms with van der Waals surface area (Å²) in [6.07, 6.45) is 10.3. The summed E-state index contributed by atoms with van der Waals surface area (Å²) in [6, 6.07) is 0.752. The minimum Gasteiger partial charge on any atom is -0.370 e. The van der Waals surface area contributed by atoms with E-state index in [0.717, 1.165) is 32.1 Å². The van der Waals surface area contributed by atoms with E-state index in [-0.39, 0.29) is 24.0 Å². The van der Waals surface area contributed by atoms with E-state index in [1.165, 1.54) is 51.5 Å². The minimum absolute atomic E-state index is 0. The monoisotopic (exact) mass is 410 g/mol. The summed E-state index contributed by atoms with van der Waals surface area (Å²) in [5, 5.41) is 3.20. The van der Waals surface area contributed by atoms with Gasteiger partial charge in [0.2, 0.25) is 0 Å². The van der Waals surface area contributed by atoms with Crippen molar-refractivity contribution >= 4 is 29.9 Å². The molecule has 1 rings (SSSR count). The average Bonchev–Trinajstić information content (AvgIpc) is 2.45. The minimum atomic E-state index is 0. The van der Waals surface area contributed by atoms with Crippen LogP contribution in [0.1, 0.15) is 65.2 Å². The second-order valence-corrected chi connectivity index (χ2v) is 5.99. The van der Waals surface area contributed by atoms with Gasteiger partial charge < -0.3 is 16.0 Å². The molecule has 1 aliphatic rings. The maximum Gasteiger partial charge on any atom is 0.188 e. The largest absolute Gasteiger partial charge is 0.370 e. The van der Waals surface area contributed by atoms with Gasteiger partial charge in [-0.3, -0.25) is 4.99 Å². The topological polar surface area (TPSA) is 53.6 Å². The van der Waals surface area contributed by atoms with Crippen molar-refractivity contribution in [3.63, 3.8) is 0 Å². The summed E-state index contributed by atoms with van der Waals surface area (Å²) in [6.45, 7) is 8.79. The van der Waals surface area contributed by atoms with Gasteiger partial charge in [0.1, 0.15) is 0 Å². The maximum atomic E-state index is 5.86. The van der Waals surface area contributed by atoms with Crippen molar-refractivity contribution in [3.05, 3.63) is 0 Å². The van der Waals surface area contributed by atoms with Crippen molar-refractivity contribution in [1.82, 2.24) is 10.2 Å². The zero-order valence-corrected chi connectivity index (χ0v) is 16.3. The highest BCUT2D eigenvalue weighted by Gasteiger charge is 2.16. The van der Waals surface area contributed by atoms with Crippen molar-refractivity contribution in [2.24, 2.45) is 10.7 Å². The Morgan fingerprint density at radius 3 is 2.76 bits per heavy atom. The Morgan fingerprint density at radius 1 is 1.24 bits per heavy atom. The van der Waals surface area contributed by atoms with Crippen LogP contribution in [0.2, 0.25) is 0 Å². The Morgan fingerprint density at radius 2 is 2.05 bits per heavy atom. The molecule has 3 N–H and O–H groups in total. The van der Waals surface area contributed by atoms with Crippen LogP contribution < -0.4 is 11.1 Å². The molecular formula is C16H35IN4. The molecule has 0 aliphatic carbocycles. The molecule has 0 spiro atoms. The summed E-state index contributed by atoms with van der Waals surface area (Å²) in [4.78, 5) is 7.00. The molecule has 1 saturated heterocycles. The molecule has 0 aromatic carbocycles. The van der Waals surface area contributed by atoms with Crippen molar-refractivity contribution in [1.29, 1.82) is 0 Å². The van der Waals surface area contributed by atoms with Gasteiger partial charge in [-0.05, 0) is 39.2 Å². The molecular weight excluding hydrogens is 375 g/mol. The van der Waals surface area contributed by atoms with Gasteiger partial charge in [0.25, 0.3) is 0 Å². The van der Waals surface area contributed by atoms with Gasteiger partial charge in [0.05, 0.1) is 0 Å². The summed E-state index contributed by atoms with van der Waals surface area (Å²) in [5.74, 6) is 0.619. The van der Waals surface area contributed by atoms with Gasteiger partial charge in [-0.25, -0.2) is 0 Å². The zero-order valence-electron chi connectivity index (χ0n) is 13.9. The maximum absolute atomic E-state index is 5.86. The number of guanidine groups is 1. The number of aliphatic imine (C=N–C) groups is 1. The average molecular weight is 410 g/mol. The van der Waals surface area contributed by atoms with Crippen LogP contribution in [0, 0.1) is 0 Å². The van der Waals surface area contributed by atoms with Crippen LogP contribution >= 0.6 is 24.0 Å². The second-order valence-electron chi connectivity index (χ2n) is 5.99. The van der Waals surface area contributed by atoms with Crippen molar-refractivity contribution < 1.29 is 0 Å². The van der Waals surface area contributed by atoms with Crippen LogP contribution in [0.15, 0.2) is 4.99 Å². The fourth-order valence-electron chi connectivity index (χ4n) is 2.79. The lowest BCUT2D eigenvalue weighted by atomic mass is 10.0. The molecule has 1 aliphatic heterocycles. The van der Waals surface area contributed by atoms with Crippen LogP contribution in [-0.2, 0) is 0 Å². The lowest BCUT2D eigenvalue weighted by Gasteiger charge is -2.33. The normalized spacial score (nSPS) is 20.1. The standard InChI is InChI=1S/C16H34N4.HI/c1-3-4-5-7-11-18-16(17)19-12-9-14-20-13-8-6-10-15(20)2;/h15H,3-14H2,1-2H3,(H3,17,18,19);1H. The molecule has 0 aromatic heterocycles. The number of piperidine rings is 1.